The van der Waals surface area contributed by atoms with Gasteiger partial charge in [-0.15, -0.1) is 0 Å². The number of aryl methyl sites for hydroxylation is 1. The van der Waals surface area contributed by atoms with Gasteiger partial charge in [-0.3, -0.25) is 0 Å². The molecule has 0 radical (unpaired) electrons. The highest BCUT2D eigenvalue weighted by atomic mass is 79.9. The third-order valence-corrected chi connectivity index (χ3v) is 3.74. The van der Waals surface area contributed by atoms with Crippen molar-refractivity contribution in [3.8, 4) is 5.75 Å². The van der Waals surface area contributed by atoms with Gasteiger partial charge < -0.3 is 10.1 Å². The molecule has 2 rings (SSSR count). The van der Waals surface area contributed by atoms with Gasteiger partial charge in [-0.2, -0.15) is 0 Å². The molecule has 2 aromatic carbocycles. The van der Waals surface area contributed by atoms with Crippen LogP contribution in [0.4, 0.5) is 5.69 Å². The Balaban J connectivity index is 1.99. The molecule has 0 heterocycles. The summed E-state index contributed by atoms with van der Waals surface area (Å²) in [6.07, 6.45) is 1.02. The molecule has 0 unspecified atom stereocenters. The van der Waals surface area contributed by atoms with Crippen molar-refractivity contribution in [3.63, 3.8) is 0 Å². The summed E-state index contributed by atoms with van der Waals surface area (Å²) in [6.45, 7) is 5.75. The van der Waals surface area contributed by atoms with Crippen LogP contribution in [0.5, 0.6) is 5.75 Å². The Bertz CT molecular complexity index is 569. The second-order valence-corrected chi connectivity index (χ2v) is 5.68. The lowest BCUT2D eigenvalue weighted by atomic mass is 10.1. The summed E-state index contributed by atoms with van der Waals surface area (Å²) in [5.41, 5.74) is 3.58. The molecule has 2 nitrogen and oxygen atoms in total. The standard InChI is InChI=1S/C17H20BrNO/c1-3-9-20-16-6-4-5-15(11-16)19-12-14-8-7-13(2)10-17(14)18/h4-8,10-11,19H,3,9,12H2,1-2H3. The number of hydrogen-bond donors (Lipinski definition) is 1. The highest BCUT2D eigenvalue weighted by molar-refractivity contribution is 9.10. The van der Waals surface area contributed by atoms with Gasteiger partial charge in [-0.1, -0.05) is 41.1 Å². The third kappa shape index (κ3) is 4.27. The van der Waals surface area contributed by atoms with Gasteiger partial charge in [0.15, 0.2) is 0 Å². The fourth-order valence-corrected chi connectivity index (χ4v) is 2.54. The van der Waals surface area contributed by atoms with Crippen molar-refractivity contribution in [2.75, 3.05) is 11.9 Å². The highest BCUT2D eigenvalue weighted by Crippen LogP contribution is 2.21. The normalized spacial score (nSPS) is 10.3. The third-order valence-electron chi connectivity index (χ3n) is 3.00. The number of benzene rings is 2. The maximum Gasteiger partial charge on any atom is 0.121 e. The number of ether oxygens (including phenoxy) is 1. The van der Waals surface area contributed by atoms with Crippen LogP contribution in [-0.2, 0) is 6.54 Å². The molecular weight excluding hydrogens is 314 g/mol. The van der Waals surface area contributed by atoms with Crippen molar-refractivity contribution < 1.29 is 4.74 Å². The maximum absolute atomic E-state index is 5.64. The maximum atomic E-state index is 5.64. The number of rotatable bonds is 6. The lowest BCUT2D eigenvalue weighted by Crippen LogP contribution is -2.01. The van der Waals surface area contributed by atoms with Gasteiger partial charge in [0.1, 0.15) is 5.75 Å². The summed E-state index contributed by atoms with van der Waals surface area (Å²) in [6, 6.07) is 14.5. The molecule has 0 fully saturated rings. The summed E-state index contributed by atoms with van der Waals surface area (Å²) < 4.78 is 6.78. The minimum atomic E-state index is 0.757. The van der Waals surface area contributed by atoms with Crippen LogP contribution in [0, 0.1) is 6.92 Å². The largest absolute Gasteiger partial charge is 0.494 e. The molecule has 0 amide bonds. The molecule has 1 N–H and O–H groups in total. The van der Waals surface area contributed by atoms with E-state index in [1.54, 1.807) is 0 Å². The molecule has 20 heavy (non-hydrogen) atoms. The van der Waals surface area contributed by atoms with Crippen LogP contribution < -0.4 is 10.1 Å². The predicted octanol–water partition coefficient (Wildman–Crippen LogP) is 5.16. The molecular formula is C17H20BrNO. The lowest BCUT2D eigenvalue weighted by Gasteiger charge is -2.11. The smallest absolute Gasteiger partial charge is 0.121 e. The quantitative estimate of drug-likeness (QED) is 0.788. The van der Waals surface area contributed by atoms with E-state index in [2.05, 4.69) is 59.4 Å². The Morgan fingerprint density at radius 2 is 2.00 bits per heavy atom. The summed E-state index contributed by atoms with van der Waals surface area (Å²) in [5, 5.41) is 3.43. The van der Waals surface area contributed by atoms with Crippen molar-refractivity contribution in [2.45, 2.75) is 26.8 Å². The van der Waals surface area contributed by atoms with E-state index in [4.69, 9.17) is 4.74 Å². The zero-order valence-corrected chi connectivity index (χ0v) is 13.5. The van der Waals surface area contributed by atoms with E-state index in [0.717, 1.165) is 35.5 Å². The summed E-state index contributed by atoms with van der Waals surface area (Å²) >= 11 is 3.60. The highest BCUT2D eigenvalue weighted by Gasteiger charge is 2.01. The lowest BCUT2D eigenvalue weighted by molar-refractivity contribution is 0.317. The van der Waals surface area contributed by atoms with E-state index in [9.17, 15) is 0 Å². The van der Waals surface area contributed by atoms with E-state index in [1.807, 2.05) is 18.2 Å². The molecule has 0 aliphatic carbocycles. The van der Waals surface area contributed by atoms with E-state index in [0.29, 0.717) is 0 Å². The Labute approximate surface area is 129 Å². The van der Waals surface area contributed by atoms with Crippen LogP contribution in [0.25, 0.3) is 0 Å². The molecule has 0 bridgehead atoms. The summed E-state index contributed by atoms with van der Waals surface area (Å²) in [7, 11) is 0. The number of anilines is 1. The van der Waals surface area contributed by atoms with E-state index < -0.39 is 0 Å². The minimum absolute atomic E-state index is 0.757. The van der Waals surface area contributed by atoms with Crippen LogP contribution in [0.1, 0.15) is 24.5 Å². The van der Waals surface area contributed by atoms with E-state index in [1.165, 1.54) is 11.1 Å². The van der Waals surface area contributed by atoms with E-state index in [-0.39, 0.29) is 0 Å². The molecule has 2 aromatic rings. The van der Waals surface area contributed by atoms with Gasteiger partial charge in [0, 0.05) is 22.8 Å². The molecule has 0 spiro atoms. The van der Waals surface area contributed by atoms with E-state index >= 15 is 0 Å². The van der Waals surface area contributed by atoms with Gasteiger partial charge >= 0.3 is 0 Å². The molecule has 106 valence electrons. The van der Waals surface area contributed by atoms with Gasteiger partial charge in [0.2, 0.25) is 0 Å². The van der Waals surface area contributed by atoms with Crippen LogP contribution in [0.15, 0.2) is 46.9 Å². The van der Waals surface area contributed by atoms with Gasteiger partial charge in [-0.05, 0) is 42.7 Å². The predicted molar refractivity (Wildman–Crippen MR) is 88.4 cm³/mol. The SMILES string of the molecule is CCCOc1cccc(NCc2ccc(C)cc2Br)c1. The first-order valence-electron chi connectivity index (χ1n) is 6.91. The minimum Gasteiger partial charge on any atom is -0.494 e. The summed E-state index contributed by atoms with van der Waals surface area (Å²) in [5.74, 6) is 0.917. The topological polar surface area (TPSA) is 21.3 Å². The Morgan fingerprint density at radius 1 is 1.15 bits per heavy atom. The van der Waals surface area contributed by atoms with Crippen molar-refractivity contribution >= 4 is 21.6 Å². The van der Waals surface area contributed by atoms with Crippen molar-refractivity contribution in [1.82, 2.24) is 0 Å². The van der Waals surface area contributed by atoms with Crippen LogP contribution in [0.3, 0.4) is 0 Å². The second-order valence-electron chi connectivity index (χ2n) is 4.82. The second kappa shape index (κ2) is 7.34. The van der Waals surface area contributed by atoms with Crippen LogP contribution >= 0.6 is 15.9 Å². The monoisotopic (exact) mass is 333 g/mol. The average molecular weight is 334 g/mol. The molecule has 0 saturated heterocycles. The van der Waals surface area contributed by atoms with Gasteiger partial charge in [0.25, 0.3) is 0 Å². The Morgan fingerprint density at radius 3 is 2.75 bits per heavy atom. The Hall–Kier alpha value is -1.48. The summed E-state index contributed by atoms with van der Waals surface area (Å²) in [4.78, 5) is 0. The number of nitrogens with one attached hydrogen (secondary N) is 1. The molecule has 0 atom stereocenters. The fraction of sp³-hybridized carbons (Fsp3) is 0.294. The van der Waals surface area contributed by atoms with Crippen LogP contribution in [0.2, 0.25) is 0 Å². The zero-order valence-electron chi connectivity index (χ0n) is 11.9. The molecule has 0 aliphatic rings. The first kappa shape index (κ1) is 14.9. The van der Waals surface area contributed by atoms with Crippen LogP contribution in [-0.4, -0.2) is 6.61 Å². The molecule has 0 saturated carbocycles. The first-order valence-corrected chi connectivity index (χ1v) is 7.70. The fourth-order valence-electron chi connectivity index (χ4n) is 1.91. The molecule has 0 aliphatic heterocycles. The molecule has 3 heteroatoms. The van der Waals surface area contributed by atoms with Crippen molar-refractivity contribution in [3.05, 3.63) is 58.1 Å². The van der Waals surface area contributed by atoms with Crippen molar-refractivity contribution in [2.24, 2.45) is 0 Å². The first-order chi connectivity index (χ1) is 9.69. The van der Waals surface area contributed by atoms with Crippen molar-refractivity contribution in [1.29, 1.82) is 0 Å². The van der Waals surface area contributed by atoms with Gasteiger partial charge in [0.05, 0.1) is 6.61 Å². The zero-order chi connectivity index (χ0) is 14.4. The molecule has 0 aromatic heterocycles. The average Bonchev–Trinajstić information content (AvgIpc) is 2.45. The Kier molecular flexibility index (Phi) is 5.48. The van der Waals surface area contributed by atoms with Gasteiger partial charge in [-0.25, -0.2) is 0 Å². The number of hydrogen-bond acceptors (Lipinski definition) is 2. The number of halogens is 1.